The molecule has 0 N–H and O–H groups in total. The van der Waals surface area contributed by atoms with Gasteiger partial charge in [0.15, 0.2) is 0 Å². The summed E-state index contributed by atoms with van der Waals surface area (Å²) in [5, 5.41) is 0. The molecule has 0 aliphatic carbocycles. The summed E-state index contributed by atoms with van der Waals surface area (Å²) >= 11 is 0. The van der Waals surface area contributed by atoms with Gasteiger partial charge in [-0.25, -0.2) is 0 Å². The highest BCUT2D eigenvalue weighted by molar-refractivity contribution is 5.83. The van der Waals surface area contributed by atoms with Gasteiger partial charge in [0.05, 0.1) is 12.4 Å². The average molecular weight is 210 g/mol. The van der Waals surface area contributed by atoms with E-state index in [1.807, 2.05) is 0 Å². The summed E-state index contributed by atoms with van der Waals surface area (Å²) < 4.78 is 0. The number of likely N-dealkylation sites (N-methyl/N-ethyl adjacent to an activating group) is 1. The number of hydrogen-bond donors (Lipinski definition) is 0. The van der Waals surface area contributed by atoms with Gasteiger partial charge < -0.3 is 4.90 Å². The summed E-state index contributed by atoms with van der Waals surface area (Å²) in [6.45, 7) is 4.42. The van der Waals surface area contributed by atoms with Crippen molar-refractivity contribution in [2.24, 2.45) is 4.99 Å². The maximum Gasteiger partial charge on any atom is 0.0987 e. The van der Waals surface area contributed by atoms with Crippen LogP contribution in [-0.4, -0.2) is 30.9 Å². The molecule has 2 heteroatoms. The third-order valence-corrected chi connectivity index (χ3v) is 3.17. The Morgan fingerprint density at radius 3 is 2.33 bits per heavy atom. The molecule has 15 heavy (non-hydrogen) atoms. The van der Waals surface area contributed by atoms with Crippen LogP contribution in [0.3, 0.4) is 0 Å². The summed E-state index contributed by atoms with van der Waals surface area (Å²) in [5.41, 5.74) is 0. The van der Waals surface area contributed by atoms with Gasteiger partial charge in [-0.3, -0.25) is 4.99 Å². The van der Waals surface area contributed by atoms with Gasteiger partial charge in [0.2, 0.25) is 0 Å². The third-order valence-electron chi connectivity index (χ3n) is 3.17. The highest BCUT2D eigenvalue weighted by Gasteiger charge is 2.10. The van der Waals surface area contributed by atoms with Crippen molar-refractivity contribution < 1.29 is 0 Å². The van der Waals surface area contributed by atoms with Crippen LogP contribution in [0.1, 0.15) is 58.3 Å². The Labute approximate surface area is 94.8 Å². The van der Waals surface area contributed by atoms with E-state index in [0.717, 1.165) is 13.1 Å². The Kier molecular flexibility index (Phi) is 6.45. The zero-order chi connectivity index (χ0) is 10.9. The van der Waals surface area contributed by atoms with E-state index in [9.17, 15) is 0 Å². The second kappa shape index (κ2) is 7.72. The molecular weight excluding hydrogens is 184 g/mol. The van der Waals surface area contributed by atoms with E-state index in [1.165, 1.54) is 57.2 Å². The van der Waals surface area contributed by atoms with Crippen molar-refractivity contribution in [1.82, 2.24) is 4.90 Å². The van der Waals surface area contributed by atoms with Crippen molar-refractivity contribution in [2.45, 2.75) is 58.3 Å². The molecule has 0 saturated heterocycles. The summed E-state index contributed by atoms with van der Waals surface area (Å²) in [5.74, 6) is 1.34. The van der Waals surface area contributed by atoms with Crippen LogP contribution in [0.5, 0.6) is 0 Å². The molecule has 0 unspecified atom stereocenters. The first kappa shape index (κ1) is 12.5. The minimum absolute atomic E-state index is 1.02. The molecule has 0 aromatic heterocycles. The third kappa shape index (κ3) is 5.19. The minimum atomic E-state index is 1.02. The van der Waals surface area contributed by atoms with Gasteiger partial charge in [-0.05, 0) is 6.42 Å². The minimum Gasteiger partial charge on any atom is -0.362 e. The van der Waals surface area contributed by atoms with Gasteiger partial charge in [-0.15, -0.1) is 0 Å². The molecule has 0 aromatic rings. The predicted octanol–water partition coefficient (Wildman–Crippen LogP) is 3.47. The fourth-order valence-electron chi connectivity index (χ4n) is 2.09. The van der Waals surface area contributed by atoms with E-state index < -0.39 is 0 Å². The van der Waals surface area contributed by atoms with E-state index in [4.69, 9.17) is 0 Å². The summed E-state index contributed by atoms with van der Waals surface area (Å²) in [6.07, 6.45) is 10.9. The number of hydrogen-bond acceptors (Lipinski definition) is 2. The smallest absolute Gasteiger partial charge is 0.0987 e. The van der Waals surface area contributed by atoms with Crippen LogP contribution in [0.4, 0.5) is 0 Å². The highest BCUT2D eigenvalue weighted by Crippen LogP contribution is 2.11. The molecule has 0 bridgehead atoms. The average Bonchev–Trinajstić information content (AvgIpc) is 2.63. The van der Waals surface area contributed by atoms with Crippen molar-refractivity contribution in [3.8, 4) is 0 Å². The van der Waals surface area contributed by atoms with Crippen LogP contribution in [-0.2, 0) is 0 Å². The van der Waals surface area contributed by atoms with Crippen LogP contribution in [0.15, 0.2) is 4.99 Å². The lowest BCUT2D eigenvalue weighted by Gasteiger charge is -2.13. The lowest BCUT2D eigenvalue weighted by Crippen LogP contribution is -2.22. The lowest BCUT2D eigenvalue weighted by molar-refractivity contribution is 0.534. The molecule has 88 valence electrons. The van der Waals surface area contributed by atoms with E-state index in [-0.39, 0.29) is 0 Å². The molecule has 0 radical (unpaired) electrons. The molecule has 1 heterocycles. The monoisotopic (exact) mass is 210 g/mol. The second-order valence-corrected chi connectivity index (χ2v) is 4.59. The molecule has 0 fully saturated rings. The van der Waals surface area contributed by atoms with E-state index in [0.29, 0.717) is 0 Å². The Balaban J connectivity index is 1.89. The first-order valence-corrected chi connectivity index (χ1v) is 6.59. The lowest BCUT2D eigenvalue weighted by atomic mass is 10.1. The SMILES string of the molecule is CCCCCCCCCC1=NCCN1C. The van der Waals surface area contributed by atoms with Gasteiger partial charge in [0.1, 0.15) is 0 Å². The second-order valence-electron chi connectivity index (χ2n) is 4.59. The number of aliphatic imine (C=N–C) groups is 1. The summed E-state index contributed by atoms with van der Waals surface area (Å²) in [6, 6.07) is 0. The van der Waals surface area contributed by atoms with Gasteiger partial charge in [-0.1, -0.05) is 45.4 Å². The molecule has 0 saturated carbocycles. The largest absolute Gasteiger partial charge is 0.362 e. The number of amidine groups is 1. The van der Waals surface area contributed by atoms with Gasteiger partial charge >= 0.3 is 0 Å². The molecule has 2 nitrogen and oxygen atoms in total. The fourth-order valence-corrected chi connectivity index (χ4v) is 2.09. The van der Waals surface area contributed by atoms with Gasteiger partial charge in [-0.2, -0.15) is 0 Å². The number of unbranched alkanes of at least 4 members (excludes halogenated alkanes) is 6. The molecule has 0 atom stereocenters. The van der Waals surface area contributed by atoms with Crippen molar-refractivity contribution >= 4 is 5.84 Å². The molecule has 0 amide bonds. The van der Waals surface area contributed by atoms with Crippen LogP contribution in [0, 0.1) is 0 Å². The van der Waals surface area contributed by atoms with Gasteiger partial charge in [0, 0.05) is 20.0 Å². The normalized spacial score (nSPS) is 15.9. The molecule has 0 aromatic carbocycles. The van der Waals surface area contributed by atoms with E-state index >= 15 is 0 Å². The maximum atomic E-state index is 4.51. The van der Waals surface area contributed by atoms with E-state index in [1.54, 1.807) is 0 Å². The molecular formula is C13H26N2. The molecule has 1 aliphatic heterocycles. The Bertz CT molecular complexity index is 187. The molecule has 1 rings (SSSR count). The Morgan fingerprint density at radius 2 is 1.73 bits per heavy atom. The summed E-state index contributed by atoms with van der Waals surface area (Å²) in [7, 11) is 2.16. The Morgan fingerprint density at radius 1 is 1.07 bits per heavy atom. The number of nitrogens with zero attached hydrogens (tertiary/aromatic N) is 2. The standard InChI is InChI=1S/C13H26N2/c1-3-4-5-6-7-8-9-10-13-14-11-12-15(13)2/h3-12H2,1-2H3. The first-order chi connectivity index (χ1) is 7.34. The van der Waals surface area contributed by atoms with Crippen molar-refractivity contribution in [3.05, 3.63) is 0 Å². The zero-order valence-electron chi connectivity index (χ0n) is 10.5. The fraction of sp³-hybridized carbons (Fsp3) is 0.923. The highest BCUT2D eigenvalue weighted by atomic mass is 15.2. The summed E-state index contributed by atoms with van der Waals surface area (Å²) in [4.78, 5) is 6.81. The first-order valence-electron chi connectivity index (χ1n) is 6.59. The molecule has 1 aliphatic rings. The zero-order valence-corrected chi connectivity index (χ0v) is 10.5. The van der Waals surface area contributed by atoms with Crippen LogP contribution in [0.25, 0.3) is 0 Å². The van der Waals surface area contributed by atoms with Crippen LogP contribution < -0.4 is 0 Å². The van der Waals surface area contributed by atoms with Crippen molar-refractivity contribution in [1.29, 1.82) is 0 Å². The van der Waals surface area contributed by atoms with Gasteiger partial charge in [0.25, 0.3) is 0 Å². The van der Waals surface area contributed by atoms with E-state index in [2.05, 4.69) is 23.9 Å². The van der Waals surface area contributed by atoms with Crippen molar-refractivity contribution in [2.75, 3.05) is 20.1 Å². The quantitative estimate of drug-likeness (QED) is 0.560. The van der Waals surface area contributed by atoms with Crippen molar-refractivity contribution in [3.63, 3.8) is 0 Å². The number of rotatable bonds is 8. The van der Waals surface area contributed by atoms with Crippen LogP contribution >= 0.6 is 0 Å². The predicted molar refractivity (Wildman–Crippen MR) is 67.5 cm³/mol. The molecule has 0 spiro atoms. The Hall–Kier alpha value is -0.530. The topological polar surface area (TPSA) is 15.6 Å². The maximum absolute atomic E-state index is 4.51. The van der Waals surface area contributed by atoms with Crippen LogP contribution in [0.2, 0.25) is 0 Å².